The minimum Gasteiger partial charge on any atom is -0.477 e. The number of benzene rings is 1. The van der Waals surface area contributed by atoms with E-state index in [-0.39, 0.29) is 28.2 Å². The summed E-state index contributed by atoms with van der Waals surface area (Å²) < 4.78 is 18.9. The number of aromatic nitrogens is 4. The number of carbonyl (C=O) groups is 1. The lowest BCUT2D eigenvalue weighted by Crippen LogP contribution is -2.39. The zero-order chi connectivity index (χ0) is 24.9. The molecule has 0 radical (unpaired) electrons. The molecule has 4 N–H and O–H groups in total. The Labute approximate surface area is 208 Å². The van der Waals surface area contributed by atoms with Gasteiger partial charge in [0.2, 0.25) is 10.2 Å². The van der Waals surface area contributed by atoms with Crippen LogP contribution in [0.1, 0.15) is 35.7 Å². The quantitative estimate of drug-likeness (QED) is 0.332. The average molecular weight is 523 g/mol. The number of halogens is 2. The Kier molecular flexibility index (Phi) is 6.38. The molecule has 0 bridgehead atoms. The molecule has 1 aliphatic carbocycles. The van der Waals surface area contributed by atoms with Crippen LogP contribution in [-0.4, -0.2) is 67.3 Å². The number of nitrogens with one attached hydrogen (secondary N) is 2. The summed E-state index contributed by atoms with van der Waals surface area (Å²) in [5.41, 5.74) is -0.573. The number of hydrogen-bond acceptors (Lipinski definition) is 7. The first-order valence-electron chi connectivity index (χ1n) is 11.3. The first kappa shape index (κ1) is 23.9. The smallest absolute Gasteiger partial charge is 0.341 e. The number of nitrogens with zero attached hydrogens (tertiary/aromatic N) is 4. The molecule has 1 saturated carbocycles. The van der Waals surface area contributed by atoms with E-state index >= 15 is 4.39 Å². The van der Waals surface area contributed by atoms with E-state index in [4.69, 9.17) is 23.8 Å². The highest BCUT2D eigenvalue weighted by atomic mass is 35.5. The molecule has 0 amide bonds. The van der Waals surface area contributed by atoms with Gasteiger partial charge in [-0.1, -0.05) is 11.6 Å². The Balaban J connectivity index is 1.37. The molecule has 2 fully saturated rings. The Morgan fingerprint density at radius 3 is 2.83 bits per heavy atom. The van der Waals surface area contributed by atoms with Crippen molar-refractivity contribution >= 4 is 46.4 Å². The van der Waals surface area contributed by atoms with E-state index in [1.807, 2.05) is 4.90 Å². The normalized spacial score (nSPS) is 18.9. The average Bonchev–Trinajstić information content (AvgIpc) is 3.41. The van der Waals surface area contributed by atoms with Crippen molar-refractivity contribution in [1.29, 1.82) is 0 Å². The van der Waals surface area contributed by atoms with Gasteiger partial charge in [0.15, 0.2) is 0 Å². The van der Waals surface area contributed by atoms with E-state index in [2.05, 4.69) is 15.4 Å². The Morgan fingerprint density at radius 1 is 1.40 bits per heavy atom. The number of aliphatic hydroxyl groups excluding tert-OH is 1. The van der Waals surface area contributed by atoms with Gasteiger partial charge in [-0.25, -0.2) is 14.2 Å². The van der Waals surface area contributed by atoms with E-state index in [0.29, 0.717) is 42.9 Å². The summed E-state index contributed by atoms with van der Waals surface area (Å²) in [7, 11) is 0. The fourth-order valence-electron chi connectivity index (χ4n) is 4.63. The predicted octanol–water partition coefficient (Wildman–Crippen LogP) is 2.31. The van der Waals surface area contributed by atoms with Gasteiger partial charge in [-0.3, -0.25) is 14.6 Å². The molecule has 5 rings (SSSR count). The third-order valence-corrected chi connectivity index (χ3v) is 7.02. The molecular weight excluding hydrogens is 499 g/mol. The summed E-state index contributed by atoms with van der Waals surface area (Å²) in [6.45, 7) is 1.62. The van der Waals surface area contributed by atoms with E-state index in [0.717, 1.165) is 18.9 Å². The monoisotopic (exact) mass is 522 g/mol. The molecule has 186 valence electrons. The highest BCUT2D eigenvalue weighted by molar-refractivity contribution is 7.71. The van der Waals surface area contributed by atoms with Gasteiger partial charge in [0.1, 0.15) is 17.7 Å². The Hall–Kier alpha value is -2.80. The van der Waals surface area contributed by atoms with Crippen molar-refractivity contribution in [3.05, 3.63) is 50.0 Å². The molecular formula is C22H24ClFN6O4S. The van der Waals surface area contributed by atoms with Gasteiger partial charge in [0, 0.05) is 37.9 Å². The Morgan fingerprint density at radius 2 is 2.17 bits per heavy atom. The molecule has 2 atom stereocenters. The number of H-pyrrole nitrogens is 1. The molecule has 3 aromatic rings. The number of rotatable bonds is 8. The Bertz CT molecular complexity index is 1420. The first-order chi connectivity index (χ1) is 16.7. The molecule has 2 aliphatic rings. The van der Waals surface area contributed by atoms with Crippen molar-refractivity contribution in [3.63, 3.8) is 0 Å². The SMILES string of the molecule is O=C(O)c1cn(C2CC2)c2c(Cl)c(N3CCC(NCC(O)Cn4cnc(=S)[nH]4)C3)c(F)cc2c1=O. The highest BCUT2D eigenvalue weighted by Gasteiger charge is 2.32. The minimum atomic E-state index is -1.35. The predicted molar refractivity (Wildman–Crippen MR) is 130 cm³/mol. The van der Waals surface area contributed by atoms with Gasteiger partial charge in [0.25, 0.3) is 0 Å². The van der Waals surface area contributed by atoms with Crippen molar-refractivity contribution in [2.75, 3.05) is 24.5 Å². The first-order valence-corrected chi connectivity index (χ1v) is 12.1. The van der Waals surface area contributed by atoms with Crippen molar-refractivity contribution in [2.45, 2.75) is 44.0 Å². The number of aromatic carboxylic acids is 1. The fraction of sp³-hybridized carbons (Fsp3) is 0.455. The van der Waals surface area contributed by atoms with Crippen molar-refractivity contribution < 1.29 is 19.4 Å². The standard InChI is InChI=1S/C22H24ClFN6O4S/c23-17-18-14(20(32)15(21(33)34)9-30(18)12-1-2-12)5-16(24)19(17)28-4-3-11(7-28)25-6-13(31)8-29-10-26-22(35)27-29/h5,9-13,25,31H,1-4,6-8H2,(H,27,35)(H,33,34). The molecule has 3 heterocycles. The molecule has 13 heteroatoms. The largest absolute Gasteiger partial charge is 0.477 e. The fourth-order valence-corrected chi connectivity index (χ4v) is 5.21. The van der Waals surface area contributed by atoms with Crippen LogP contribution in [-0.2, 0) is 6.54 Å². The van der Waals surface area contributed by atoms with Crippen LogP contribution >= 0.6 is 23.8 Å². The van der Waals surface area contributed by atoms with Crippen LogP contribution in [0.25, 0.3) is 10.9 Å². The summed E-state index contributed by atoms with van der Waals surface area (Å²) in [5.74, 6) is -2.02. The molecule has 2 aromatic heterocycles. The van der Waals surface area contributed by atoms with Crippen LogP contribution in [0, 0.1) is 10.6 Å². The number of fused-ring (bicyclic) bond motifs is 1. The lowest BCUT2D eigenvalue weighted by molar-refractivity contribution is 0.0694. The lowest BCUT2D eigenvalue weighted by Gasteiger charge is -2.24. The summed E-state index contributed by atoms with van der Waals surface area (Å²) in [4.78, 5) is 30.1. The zero-order valence-corrected chi connectivity index (χ0v) is 20.2. The number of pyridine rings is 1. The number of carboxylic acid groups (broad SMARTS) is 1. The number of aliphatic hydroxyl groups is 1. The van der Waals surface area contributed by atoms with Gasteiger partial charge in [-0.15, -0.1) is 0 Å². The zero-order valence-electron chi connectivity index (χ0n) is 18.6. The van der Waals surface area contributed by atoms with Crippen LogP contribution in [0.2, 0.25) is 5.02 Å². The lowest BCUT2D eigenvalue weighted by atomic mass is 10.1. The van der Waals surface area contributed by atoms with Gasteiger partial charge >= 0.3 is 5.97 Å². The maximum Gasteiger partial charge on any atom is 0.341 e. The van der Waals surface area contributed by atoms with Gasteiger partial charge in [0.05, 0.1) is 34.3 Å². The summed E-state index contributed by atoms with van der Waals surface area (Å²) in [5, 5.41) is 26.0. The molecule has 2 unspecified atom stereocenters. The number of aromatic amines is 1. The maximum absolute atomic E-state index is 15.3. The molecule has 1 aliphatic heterocycles. The van der Waals surface area contributed by atoms with Crippen LogP contribution in [0.15, 0.2) is 23.4 Å². The van der Waals surface area contributed by atoms with Crippen LogP contribution < -0.4 is 15.6 Å². The summed E-state index contributed by atoms with van der Waals surface area (Å²) in [6.07, 6.45) is 4.54. The van der Waals surface area contributed by atoms with Crippen molar-refractivity contribution in [2.24, 2.45) is 0 Å². The number of hydrogen-bond donors (Lipinski definition) is 4. The van der Waals surface area contributed by atoms with Gasteiger partial charge < -0.3 is 25.0 Å². The van der Waals surface area contributed by atoms with E-state index in [1.165, 1.54) is 12.5 Å². The molecule has 0 spiro atoms. The van der Waals surface area contributed by atoms with Gasteiger partial charge in [-0.05, 0) is 37.5 Å². The second-order valence-electron chi connectivity index (χ2n) is 9.04. The number of carboxylic acids is 1. The van der Waals surface area contributed by atoms with Crippen molar-refractivity contribution in [1.82, 2.24) is 24.6 Å². The molecule has 1 saturated heterocycles. The topological polar surface area (TPSA) is 128 Å². The molecule has 1 aromatic carbocycles. The summed E-state index contributed by atoms with van der Waals surface area (Å²) in [6, 6.07) is 1.13. The van der Waals surface area contributed by atoms with E-state index in [9.17, 15) is 19.8 Å². The maximum atomic E-state index is 15.3. The van der Waals surface area contributed by atoms with Crippen LogP contribution in [0.3, 0.4) is 0 Å². The van der Waals surface area contributed by atoms with E-state index in [1.54, 1.807) is 9.25 Å². The molecule has 35 heavy (non-hydrogen) atoms. The van der Waals surface area contributed by atoms with Gasteiger partial charge in [-0.2, -0.15) is 0 Å². The summed E-state index contributed by atoms with van der Waals surface area (Å²) >= 11 is 11.6. The van der Waals surface area contributed by atoms with Crippen molar-refractivity contribution in [3.8, 4) is 0 Å². The number of anilines is 1. The second kappa shape index (κ2) is 9.34. The second-order valence-corrected chi connectivity index (χ2v) is 9.80. The minimum absolute atomic E-state index is 0.00268. The highest BCUT2D eigenvalue weighted by Crippen LogP contribution is 2.42. The molecule has 10 nitrogen and oxygen atoms in total. The van der Waals surface area contributed by atoms with Crippen LogP contribution in [0.5, 0.6) is 0 Å². The third-order valence-electron chi connectivity index (χ3n) is 6.46. The van der Waals surface area contributed by atoms with Crippen LogP contribution in [0.4, 0.5) is 10.1 Å². The third kappa shape index (κ3) is 4.70. The van der Waals surface area contributed by atoms with E-state index < -0.39 is 28.9 Å².